The Bertz CT molecular complexity index is 1060. The van der Waals surface area contributed by atoms with Gasteiger partial charge in [0.25, 0.3) is 5.91 Å². The average molecular weight is 393 g/mol. The van der Waals surface area contributed by atoms with Gasteiger partial charge in [0, 0.05) is 23.6 Å². The predicted molar refractivity (Wildman–Crippen MR) is 104 cm³/mol. The molecule has 0 aliphatic carbocycles. The minimum atomic E-state index is -0.676. The number of ketones is 1. The number of hydrazine groups is 1. The van der Waals surface area contributed by atoms with Gasteiger partial charge in [0.05, 0.1) is 10.5 Å². The summed E-state index contributed by atoms with van der Waals surface area (Å²) in [5, 5.41) is 14.4. The fourth-order valence-electron chi connectivity index (χ4n) is 2.34. The number of benzene rings is 1. The van der Waals surface area contributed by atoms with Crippen molar-refractivity contribution < 1.29 is 14.5 Å². The Morgan fingerprint density at radius 1 is 1.03 bits per heavy atom. The molecule has 0 aliphatic rings. The van der Waals surface area contributed by atoms with Crippen molar-refractivity contribution in [1.82, 2.24) is 20.4 Å². The van der Waals surface area contributed by atoms with E-state index in [0.717, 1.165) is 6.33 Å². The summed E-state index contributed by atoms with van der Waals surface area (Å²) in [7, 11) is 0. The van der Waals surface area contributed by atoms with Crippen LogP contribution in [-0.2, 0) is 0 Å². The molecular weight excluding hydrogens is 378 g/mol. The fraction of sp³-hybridized carbons (Fsp3) is 0.0556. The number of carbonyl (C=O) groups excluding carboxylic acids is 2. The normalized spacial score (nSPS) is 10.1. The molecule has 2 heterocycles. The number of Topliss-reactive ketones (excluding diaryl/α,β-unsaturated/α-hetero) is 1. The Morgan fingerprint density at radius 2 is 1.76 bits per heavy atom. The van der Waals surface area contributed by atoms with Crippen LogP contribution in [0.15, 0.2) is 55.1 Å². The van der Waals surface area contributed by atoms with Crippen LogP contribution < -0.4 is 16.2 Å². The fourth-order valence-corrected chi connectivity index (χ4v) is 2.34. The minimum absolute atomic E-state index is 0.0845. The van der Waals surface area contributed by atoms with E-state index >= 15 is 0 Å². The molecule has 146 valence electrons. The number of nitrogens with zero attached hydrogens (tertiary/aromatic N) is 4. The van der Waals surface area contributed by atoms with Crippen LogP contribution in [0.3, 0.4) is 0 Å². The van der Waals surface area contributed by atoms with Gasteiger partial charge in [0.15, 0.2) is 5.78 Å². The summed E-state index contributed by atoms with van der Waals surface area (Å²) in [6.45, 7) is 1.44. The van der Waals surface area contributed by atoms with E-state index in [0.29, 0.717) is 11.3 Å². The smallest absolute Gasteiger partial charge is 0.334 e. The lowest BCUT2D eigenvalue weighted by molar-refractivity contribution is -0.383. The highest BCUT2D eigenvalue weighted by Gasteiger charge is 2.23. The first kappa shape index (κ1) is 19.4. The summed E-state index contributed by atoms with van der Waals surface area (Å²) >= 11 is 0. The van der Waals surface area contributed by atoms with Crippen molar-refractivity contribution in [3.05, 3.63) is 76.4 Å². The van der Waals surface area contributed by atoms with E-state index in [-0.39, 0.29) is 23.0 Å². The van der Waals surface area contributed by atoms with E-state index in [9.17, 15) is 19.7 Å². The number of rotatable bonds is 7. The largest absolute Gasteiger partial charge is 0.355 e. The molecule has 0 bridgehead atoms. The number of nitro groups is 1. The molecule has 11 heteroatoms. The van der Waals surface area contributed by atoms with E-state index in [1.54, 1.807) is 30.3 Å². The molecule has 0 unspecified atom stereocenters. The molecule has 1 aromatic carbocycles. The topological polar surface area (TPSA) is 152 Å². The number of amides is 1. The summed E-state index contributed by atoms with van der Waals surface area (Å²) < 4.78 is 0. The molecule has 0 aliphatic heterocycles. The van der Waals surface area contributed by atoms with Gasteiger partial charge < -0.3 is 5.32 Å². The number of nitrogens with one attached hydrogen (secondary N) is 3. The predicted octanol–water partition coefficient (Wildman–Crippen LogP) is 2.48. The summed E-state index contributed by atoms with van der Waals surface area (Å²) in [6, 6.07) is 9.49. The zero-order chi connectivity index (χ0) is 20.8. The van der Waals surface area contributed by atoms with E-state index in [2.05, 4.69) is 31.1 Å². The SMILES string of the molecule is CC(=O)c1ccc(Nc2ncnc(NNC(=O)c3cccnc3)c2[N+](=O)[O-])cc1. The number of carbonyl (C=O) groups is 2. The van der Waals surface area contributed by atoms with Crippen LogP contribution in [0.2, 0.25) is 0 Å². The monoisotopic (exact) mass is 393 g/mol. The first-order chi connectivity index (χ1) is 14.0. The number of aromatic nitrogens is 3. The Kier molecular flexibility index (Phi) is 5.69. The lowest BCUT2D eigenvalue weighted by Crippen LogP contribution is -2.30. The second kappa shape index (κ2) is 8.52. The van der Waals surface area contributed by atoms with E-state index in [4.69, 9.17) is 0 Å². The Balaban J connectivity index is 1.81. The number of anilines is 3. The zero-order valence-electron chi connectivity index (χ0n) is 15.1. The van der Waals surface area contributed by atoms with Gasteiger partial charge in [0.1, 0.15) is 6.33 Å². The first-order valence-corrected chi connectivity index (χ1v) is 8.29. The third kappa shape index (κ3) is 4.66. The van der Waals surface area contributed by atoms with Gasteiger partial charge in [-0.15, -0.1) is 0 Å². The van der Waals surface area contributed by atoms with Crippen molar-refractivity contribution in [1.29, 1.82) is 0 Å². The van der Waals surface area contributed by atoms with Gasteiger partial charge in [-0.2, -0.15) is 0 Å². The van der Waals surface area contributed by atoms with Crippen LogP contribution in [0.5, 0.6) is 0 Å². The lowest BCUT2D eigenvalue weighted by atomic mass is 10.1. The maximum absolute atomic E-state index is 12.1. The van der Waals surface area contributed by atoms with Crippen molar-refractivity contribution in [3.8, 4) is 0 Å². The van der Waals surface area contributed by atoms with Crippen molar-refractivity contribution >= 4 is 34.7 Å². The average Bonchev–Trinajstić information content (AvgIpc) is 2.73. The van der Waals surface area contributed by atoms with Crippen molar-refractivity contribution in [2.75, 3.05) is 10.7 Å². The van der Waals surface area contributed by atoms with Gasteiger partial charge in [-0.05, 0) is 43.3 Å². The van der Waals surface area contributed by atoms with E-state index in [1.807, 2.05) is 0 Å². The lowest BCUT2D eigenvalue weighted by Gasteiger charge is -2.11. The van der Waals surface area contributed by atoms with Crippen LogP contribution in [-0.4, -0.2) is 31.6 Å². The first-order valence-electron chi connectivity index (χ1n) is 8.29. The van der Waals surface area contributed by atoms with Gasteiger partial charge >= 0.3 is 5.69 Å². The molecule has 0 fully saturated rings. The Hall–Kier alpha value is -4.41. The van der Waals surface area contributed by atoms with Crippen LogP contribution in [0.4, 0.5) is 23.0 Å². The highest BCUT2D eigenvalue weighted by Crippen LogP contribution is 2.30. The summed E-state index contributed by atoms with van der Waals surface area (Å²) in [5.41, 5.74) is 5.57. The van der Waals surface area contributed by atoms with Crippen LogP contribution in [0.1, 0.15) is 27.6 Å². The number of hydrogen-bond acceptors (Lipinski definition) is 9. The molecule has 0 radical (unpaired) electrons. The molecule has 11 nitrogen and oxygen atoms in total. The molecule has 3 rings (SSSR count). The van der Waals surface area contributed by atoms with Crippen LogP contribution in [0.25, 0.3) is 0 Å². The highest BCUT2D eigenvalue weighted by molar-refractivity contribution is 5.95. The molecule has 3 N–H and O–H groups in total. The van der Waals surface area contributed by atoms with Gasteiger partial charge in [0.2, 0.25) is 11.6 Å². The minimum Gasteiger partial charge on any atom is -0.334 e. The molecule has 0 spiro atoms. The molecule has 0 saturated heterocycles. The summed E-state index contributed by atoms with van der Waals surface area (Å²) in [5.74, 6) is -0.926. The highest BCUT2D eigenvalue weighted by atomic mass is 16.6. The second-order valence-corrected chi connectivity index (χ2v) is 5.76. The van der Waals surface area contributed by atoms with Gasteiger partial charge in [-0.25, -0.2) is 9.97 Å². The van der Waals surface area contributed by atoms with Crippen molar-refractivity contribution in [2.24, 2.45) is 0 Å². The van der Waals surface area contributed by atoms with Crippen molar-refractivity contribution in [2.45, 2.75) is 6.92 Å². The van der Waals surface area contributed by atoms with Crippen LogP contribution >= 0.6 is 0 Å². The molecule has 1 amide bonds. The Morgan fingerprint density at radius 3 is 2.38 bits per heavy atom. The summed E-state index contributed by atoms with van der Waals surface area (Å²) in [6.07, 6.45) is 3.97. The van der Waals surface area contributed by atoms with Crippen molar-refractivity contribution in [3.63, 3.8) is 0 Å². The molecule has 0 atom stereocenters. The third-order valence-electron chi connectivity index (χ3n) is 3.78. The third-order valence-corrected chi connectivity index (χ3v) is 3.78. The molecule has 0 saturated carbocycles. The van der Waals surface area contributed by atoms with E-state index in [1.165, 1.54) is 25.4 Å². The van der Waals surface area contributed by atoms with Gasteiger partial charge in [-0.1, -0.05) is 0 Å². The maximum Gasteiger partial charge on any atom is 0.355 e. The second-order valence-electron chi connectivity index (χ2n) is 5.76. The standard InChI is InChI=1S/C18H15N7O4/c1-11(26)12-4-6-14(7-5-12)22-16-15(25(28)29)17(21-10-20-16)23-24-18(27)13-3-2-8-19-9-13/h2-10H,1H3,(H,24,27)(H2,20,21,22,23). The molecule has 2 aromatic heterocycles. The summed E-state index contributed by atoms with van der Waals surface area (Å²) in [4.78, 5) is 45.9. The quantitative estimate of drug-likeness (QED) is 0.312. The number of pyridine rings is 1. The maximum atomic E-state index is 12.1. The van der Waals surface area contributed by atoms with E-state index < -0.39 is 16.5 Å². The number of hydrogen-bond donors (Lipinski definition) is 3. The zero-order valence-corrected chi connectivity index (χ0v) is 15.1. The molecule has 3 aromatic rings. The Labute approximate surface area is 164 Å². The van der Waals surface area contributed by atoms with Crippen LogP contribution in [0, 0.1) is 10.1 Å². The molecule has 29 heavy (non-hydrogen) atoms. The van der Waals surface area contributed by atoms with Gasteiger partial charge in [-0.3, -0.25) is 35.5 Å². The molecular formula is C18H15N7O4.